The minimum absolute atomic E-state index is 0.0233. The summed E-state index contributed by atoms with van der Waals surface area (Å²) < 4.78 is 13.6. The summed E-state index contributed by atoms with van der Waals surface area (Å²) in [4.78, 5) is 16.5. The summed E-state index contributed by atoms with van der Waals surface area (Å²) in [5.74, 6) is -1.01. The molecule has 0 aliphatic carbocycles. The molecule has 1 aromatic heterocycles. The van der Waals surface area contributed by atoms with E-state index in [0.717, 1.165) is 16.5 Å². The van der Waals surface area contributed by atoms with Crippen molar-refractivity contribution >= 4 is 22.5 Å². The maximum absolute atomic E-state index is 13.6. The molecule has 0 saturated carbocycles. The predicted octanol–water partition coefficient (Wildman–Crippen LogP) is 3.93. The van der Waals surface area contributed by atoms with Crippen LogP contribution in [0, 0.1) is 12.7 Å². The average Bonchev–Trinajstić information content (AvgIpc) is 2.51. The van der Waals surface area contributed by atoms with E-state index < -0.39 is 11.7 Å². The number of fused-ring (bicyclic) bond motifs is 1. The monoisotopic (exact) mass is 280 g/mol. The molecule has 0 aliphatic heterocycles. The molecule has 0 atom stereocenters. The molecule has 0 saturated heterocycles. The minimum atomic E-state index is -0.537. The van der Waals surface area contributed by atoms with Gasteiger partial charge >= 0.3 is 0 Å². The Labute approximate surface area is 121 Å². The standard InChI is InChI=1S/C17H13FN2O/c1-11-8-9-15(13-6-4-10-19-16(11)13)20-17(21)12-5-2-3-7-14(12)18/h2-10H,1H3,(H,20,21). The number of hydrogen-bond donors (Lipinski definition) is 1. The van der Waals surface area contributed by atoms with Gasteiger partial charge in [0.15, 0.2) is 0 Å². The van der Waals surface area contributed by atoms with Crippen LogP contribution in [0.4, 0.5) is 10.1 Å². The van der Waals surface area contributed by atoms with Crippen molar-refractivity contribution in [3.05, 3.63) is 71.7 Å². The van der Waals surface area contributed by atoms with Gasteiger partial charge in [-0.25, -0.2) is 4.39 Å². The molecule has 2 aromatic carbocycles. The van der Waals surface area contributed by atoms with Crippen LogP contribution in [0.2, 0.25) is 0 Å². The lowest BCUT2D eigenvalue weighted by molar-refractivity contribution is 0.102. The van der Waals surface area contributed by atoms with Gasteiger partial charge < -0.3 is 5.32 Å². The fourth-order valence-corrected chi connectivity index (χ4v) is 2.26. The van der Waals surface area contributed by atoms with Crippen molar-refractivity contribution < 1.29 is 9.18 Å². The number of halogens is 1. The van der Waals surface area contributed by atoms with Gasteiger partial charge in [-0.15, -0.1) is 0 Å². The summed E-state index contributed by atoms with van der Waals surface area (Å²) in [6, 6.07) is 13.3. The maximum Gasteiger partial charge on any atom is 0.258 e. The van der Waals surface area contributed by atoms with Gasteiger partial charge in [0, 0.05) is 11.6 Å². The highest BCUT2D eigenvalue weighted by atomic mass is 19.1. The molecule has 0 fully saturated rings. The number of hydrogen-bond acceptors (Lipinski definition) is 2. The van der Waals surface area contributed by atoms with Gasteiger partial charge in [-0.1, -0.05) is 18.2 Å². The largest absolute Gasteiger partial charge is 0.321 e. The smallest absolute Gasteiger partial charge is 0.258 e. The molecule has 3 aromatic rings. The number of anilines is 1. The van der Waals surface area contributed by atoms with Gasteiger partial charge in [0.25, 0.3) is 5.91 Å². The van der Waals surface area contributed by atoms with E-state index in [1.54, 1.807) is 30.5 Å². The summed E-state index contributed by atoms with van der Waals surface area (Å²) in [5, 5.41) is 3.59. The second kappa shape index (κ2) is 5.32. The summed E-state index contributed by atoms with van der Waals surface area (Å²) in [6.45, 7) is 1.96. The molecule has 0 unspecified atom stereocenters. The number of nitrogens with one attached hydrogen (secondary N) is 1. The number of aryl methyl sites for hydroxylation is 1. The van der Waals surface area contributed by atoms with Crippen molar-refractivity contribution in [2.24, 2.45) is 0 Å². The van der Waals surface area contributed by atoms with E-state index in [9.17, 15) is 9.18 Å². The number of rotatable bonds is 2. The molecule has 104 valence electrons. The zero-order valence-corrected chi connectivity index (χ0v) is 11.4. The van der Waals surface area contributed by atoms with E-state index in [4.69, 9.17) is 0 Å². The molecule has 3 rings (SSSR count). The molecular formula is C17H13FN2O. The second-order valence-corrected chi connectivity index (χ2v) is 4.76. The zero-order chi connectivity index (χ0) is 14.8. The van der Waals surface area contributed by atoms with Gasteiger partial charge in [0.1, 0.15) is 5.82 Å². The molecule has 0 aliphatic rings. The lowest BCUT2D eigenvalue weighted by Gasteiger charge is -2.10. The minimum Gasteiger partial charge on any atom is -0.321 e. The van der Waals surface area contributed by atoms with Gasteiger partial charge in [0.2, 0.25) is 0 Å². The summed E-state index contributed by atoms with van der Waals surface area (Å²) in [7, 11) is 0. The van der Waals surface area contributed by atoms with Crippen molar-refractivity contribution in [1.82, 2.24) is 4.98 Å². The van der Waals surface area contributed by atoms with E-state index in [0.29, 0.717) is 5.69 Å². The van der Waals surface area contributed by atoms with Crippen LogP contribution in [0.3, 0.4) is 0 Å². The molecule has 0 spiro atoms. The lowest BCUT2D eigenvalue weighted by Crippen LogP contribution is -2.14. The van der Waals surface area contributed by atoms with Crippen LogP contribution in [-0.2, 0) is 0 Å². The second-order valence-electron chi connectivity index (χ2n) is 4.76. The molecule has 21 heavy (non-hydrogen) atoms. The van der Waals surface area contributed by atoms with Crippen LogP contribution in [0.5, 0.6) is 0 Å². The topological polar surface area (TPSA) is 42.0 Å². The fraction of sp³-hybridized carbons (Fsp3) is 0.0588. The number of aromatic nitrogens is 1. The summed E-state index contributed by atoms with van der Waals surface area (Å²) in [5.41, 5.74) is 2.49. The van der Waals surface area contributed by atoms with E-state index in [2.05, 4.69) is 10.3 Å². The Morgan fingerprint density at radius 1 is 1.10 bits per heavy atom. The lowest BCUT2D eigenvalue weighted by atomic mass is 10.1. The number of pyridine rings is 1. The SMILES string of the molecule is Cc1ccc(NC(=O)c2ccccc2F)c2cccnc12. The normalized spacial score (nSPS) is 10.6. The highest BCUT2D eigenvalue weighted by molar-refractivity contribution is 6.09. The van der Waals surface area contributed by atoms with Gasteiger partial charge in [-0.2, -0.15) is 0 Å². The first-order valence-electron chi connectivity index (χ1n) is 6.57. The van der Waals surface area contributed by atoms with Crippen LogP contribution >= 0.6 is 0 Å². The molecular weight excluding hydrogens is 267 g/mol. The summed E-state index contributed by atoms with van der Waals surface area (Å²) >= 11 is 0. The Morgan fingerprint density at radius 2 is 1.90 bits per heavy atom. The molecule has 1 amide bonds. The first-order chi connectivity index (χ1) is 10.2. The van der Waals surface area contributed by atoms with Crippen LogP contribution < -0.4 is 5.32 Å². The Hall–Kier alpha value is -2.75. The Morgan fingerprint density at radius 3 is 2.71 bits per heavy atom. The van der Waals surface area contributed by atoms with Gasteiger partial charge in [0.05, 0.1) is 16.8 Å². The molecule has 1 N–H and O–H groups in total. The van der Waals surface area contributed by atoms with Gasteiger partial charge in [-0.3, -0.25) is 9.78 Å². The molecule has 0 bridgehead atoms. The van der Waals surface area contributed by atoms with Crippen molar-refractivity contribution in [2.45, 2.75) is 6.92 Å². The molecule has 4 heteroatoms. The summed E-state index contributed by atoms with van der Waals surface area (Å²) in [6.07, 6.45) is 1.71. The predicted molar refractivity (Wildman–Crippen MR) is 80.8 cm³/mol. The highest BCUT2D eigenvalue weighted by Gasteiger charge is 2.13. The third kappa shape index (κ3) is 2.48. The van der Waals surface area contributed by atoms with Crippen molar-refractivity contribution in [2.75, 3.05) is 5.32 Å². The molecule has 1 heterocycles. The average molecular weight is 280 g/mol. The maximum atomic E-state index is 13.6. The van der Waals surface area contributed by atoms with Crippen LogP contribution in [0.25, 0.3) is 10.9 Å². The van der Waals surface area contributed by atoms with E-state index in [-0.39, 0.29) is 5.56 Å². The van der Waals surface area contributed by atoms with Crippen molar-refractivity contribution in [3.63, 3.8) is 0 Å². The number of benzene rings is 2. The fourth-order valence-electron chi connectivity index (χ4n) is 2.26. The molecule has 0 radical (unpaired) electrons. The zero-order valence-electron chi connectivity index (χ0n) is 11.4. The first-order valence-corrected chi connectivity index (χ1v) is 6.57. The van der Waals surface area contributed by atoms with E-state index in [1.165, 1.54) is 12.1 Å². The number of amides is 1. The number of carbonyl (C=O) groups excluding carboxylic acids is 1. The molecule has 3 nitrogen and oxygen atoms in total. The first kappa shape index (κ1) is 13.2. The van der Waals surface area contributed by atoms with E-state index in [1.807, 2.05) is 19.1 Å². The third-order valence-corrected chi connectivity index (χ3v) is 3.34. The Balaban J connectivity index is 2.01. The number of nitrogens with zero attached hydrogens (tertiary/aromatic N) is 1. The van der Waals surface area contributed by atoms with Crippen molar-refractivity contribution in [3.8, 4) is 0 Å². The van der Waals surface area contributed by atoms with Gasteiger partial charge in [-0.05, 0) is 42.8 Å². The Bertz CT molecular complexity index is 830. The van der Waals surface area contributed by atoms with Crippen molar-refractivity contribution in [1.29, 1.82) is 0 Å². The highest BCUT2D eigenvalue weighted by Crippen LogP contribution is 2.25. The quantitative estimate of drug-likeness (QED) is 0.772. The number of carbonyl (C=O) groups is 1. The third-order valence-electron chi connectivity index (χ3n) is 3.34. The van der Waals surface area contributed by atoms with Crippen LogP contribution in [0.15, 0.2) is 54.7 Å². The van der Waals surface area contributed by atoms with E-state index >= 15 is 0 Å². The van der Waals surface area contributed by atoms with Crippen LogP contribution in [0.1, 0.15) is 15.9 Å². The van der Waals surface area contributed by atoms with Crippen LogP contribution in [-0.4, -0.2) is 10.9 Å². The Kier molecular flexibility index (Phi) is 3.36.